The van der Waals surface area contributed by atoms with Crippen LogP contribution in [0.5, 0.6) is 0 Å². The predicted molar refractivity (Wildman–Crippen MR) is 76.2 cm³/mol. The van der Waals surface area contributed by atoms with Crippen LogP contribution in [0.1, 0.15) is 18.4 Å². The molecule has 0 saturated carbocycles. The molecule has 106 valence electrons. The van der Waals surface area contributed by atoms with Crippen molar-refractivity contribution in [2.45, 2.75) is 19.4 Å². The Morgan fingerprint density at radius 3 is 2.74 bits per heavy atom. The molecule has 0 bridgehead atoms. The first-order valence-electron chi connectivity index (χ1n) is 6.88. The van der Waals surface area contributed by atoms with Gasteiger partial charge in [0.15, 0.2) is 0 Å². The SMILES string of the molecule is COC[C@H]1CCCN(Cc2cnc(N(C)C)nc2)C1. The molecule has 0 amide bonds. The molecule has 0 aliphatic carbocycles. The highest BCUT2D eigenvalue weighted by molar-refractivity contribution is 5.26. The predicted octanol–water partition coefficient (Wildman–Crippen LogP) is 1.40. The second kappa shape index (κ2) is 6.82. The molecule has 0 N–H and O–H groups in total. The molecule has 1 aliphatic rings. The molecule has 1 fully saturated rings. The summed E-state index contributed by atoms with van der Waals surface area (Å²) in [5.41, 5.74) is 1.18. The average molecular weight is 264 g/mol. The lowest BCUT2D eigenvalue weighted by Gasteiger charge is -2.32. The fourth-order valence-corrected chi connectivity index (χ4v) is 2.59. The molecule has 5 heteroatoms. The first kappa shape index (κ1) is 14.2. The molecule has 1 aromatic heterocycles. The Labute approximate surface area is 115 Å². The summed E-state index contributed by atoms with van der Waals surface area (Å²) in [7, 11) is 5.69. The monoisotopic (exact) mass is 264 g/mol. The summed E-state index contributed by atoms with van der Waals surface area (Å²) in [6.45, 7) is 4.08. The molecule has 1 aromatic rings. The molecule has 2 heterocycles. The number of hydrogen-bond acceptors (Lipinski definition) is 5. The maximum Gasteiger partial charge on any atom is 0.224 e. The van der Waals surface area contributed by atoms with Gasteiger partial charge in [-0.15, -0.1) is 0 Å². The van der Waals surface area contributed by atoms with Crippen molar-refractivity contribution in [3.8, 4) is 0 Å². The van der Waals surface area contributed by atoms with E-state index in [9.17, 15) is 0 Å². The summed E-state index contributed by atoms with van der Waals surface area (Å²) in [5, 5.41) is 0. The van der Waals surface area contributed by atoms with E-state index in [1.165, 1.54) is 18.4 Å². The first-order valence-corrected chi connectivity index (χ1v) is 6.88. The number of piperidine rings is 1. The van der Waals surface area contributed by atoms with E-state index in [1.807, 2.05) is 31.4 Å². The topological polar surface area (TPSA) is 41.5 Å². The van der Waals surface area contributed by atoms with E-state index in [4.69, 9.17) is 4.74 Å². The molecule has 0 radical (unpaired) electrons. The minimum atomic E-state index is 0.667. The molecular formula is C14H24N4O. The van der Waals surface area contributed by atoms with Crippen LogP contribution in [0.4, 0.5) is 5.95 Å². The van der Waals surface area contributed by atoms with Crippen LogP contribution in [0.25, 0.3) is 0 Å². The zero-order valence-electron chi connectivity index (χ0n) is 12.2. The number of rotatable bonds is 5. The van der Waals surface area contributed by atoms with Crippen LogP contribution in [0.2, 0.25) is 0 Å². The lowest BCUT2D eigenvalue weighted by atomic mass is 9.99. The summed E-state index contributed by atoms with van der Waals surface area (Å²) < 4.78 is 5.27. The molecule has 1 aliphatic heterocycles. The van der Waals surface area contributed by atoms with Gasteiger partial charge in [0, 0.05) is 52.3 Å². The third-order valence-electron chi connectivity index (χ3n) is 3.50. The minimum absolute atomic E-state index is 0.667. The highest BCUT2D eigenvalue weighted by Gasteiger charge is 2.19. The standard InChI is InChI=1S/C14H24N4O/c1-17(2)14-15-7-13(8-16-14)10-18-6-4-5-12(9-18)11-19-3/h7-8,12H,4-6,9-11H2,1-3H3/t12-/m0/s1. The van der Waals surface area contributed by atoms with Crippen LogP contribution in [-0.2, 0) is 11.3 Å². The maximum absolute atomic E-state index is 5.27. The van der Waals surface area contributed by atoms with Crippen molar-refractivity contribution >= 4 is 5.95 Å². The van der Waals surface area contributed by atoms with Gasteiger partial charge in [0.05, 0.1) is 6.61 Å². The summed E-state index contributed by atoms with van der Waals surface area (Å²) in [4.78, 5) is 13.1. The largest absolute Gasteiger partial charge is 0.384 e. The van der Waals surface area contributed by atoms with Crippen molar-refractivity contribution in [3.05, 3.63) is 18.0 Å². The third-order valence-corrected chi connectivity index (χ3v) is 3.50. The molecule has 19 heavy (non-hydrogen) atoms. The van der Waals surface area contributed by atoms with Crippen molar-refractivity contribution in [1.82, 2.24) is 14.9 Å². The van der Waals surface area contributed by atoms with Gasteiger partial charge < -0.3 is 9.64 Å². The maximum atomic E-state index is 5.27. The highest BCUT2D eigenvalue weighted by Crippen LogP contribution is 2.18. The summed E-state index contributed by atoms with van der Waals surface area (Å²) in [5.74, 6) is 1.43. The van der Waals surface area contributed by atoms with E-state index in [-0.39, 0.29) is 0 Å². The number of anilines is 1. The van der Waals surface area contributed by atoms with Gasteiger partial charge in [-0.25, -0.2) is 9.97 Å². The Balaban J connectivity index is 1.89. The average Bonchev–Trinajstić information content (AvgIpc) is 2.40. The van der Waals surface area contributed by atoms with E-state index in [2.05, 4.69) is 14.9 Å². The third kappa shape index (κ3) is 4.14. The quantitative estimate of drug-likeness (QED) is 0.804. The fraction of sp³-hybridized carbons (Fsp3) is 0.714. The number of nitrogens with zero attached hydrogens (tertiary/aromatic N) is 4. The van der Waals surface area contributed by atoms with E-state index in [0.29, 0.717) is 5.92 Å². The Bertz CT molecular complexity index is 378. The number of methoxy groups -OCH3 is 1. The van der Waals surface area contributed by atoms with Gasteiger partial charge in [-0.05, 0) is 25.3 Å². The number of aromatic nitrogens is 2. The molecule has 1 atom stereocenters. The lowest BCUT2D eigenvalue weighted by molar-refractivity contribution is 0.0873. The Kier molecular flexibility index (Phi) is 5.10. The van der Waals surface area contributed by atoms with Crippen molar-refractivity contribution in [3.63, 3.8) is 0 Å². The summed E-state index contributed by atoms with van der Waals surface area (Å²) in [6.07, 6.45) is 6.40. The van der Waals surface area contributed by atoms with Crippen LogP contribution in [-0.4, -0.2) is 55.8 Å². The zero-order valence-corrected chi connectivity index (χ0v) is 12.2. The Hall–Kier alpha value is -1.20. The van der Waals surface area contributed by atoms with Crippen molar-refractivity contribution in [2.75, 3.05) is 45.8 Å². The fourth-order valence-electron chi connectivity index (χ4n) is 2.59. The Morgan fingerprint density at radius 2 is 2.11 bits per heavy atom. The normalized spacial score (nSPS) is 20.5. The van der Waals surface area contributed by atoms with E-state index in [0.717, 1.165) is 32.2 Å². The van der Waals surface area contributed by atoms with Crippen LogP contribution in [0.3, 0.4) is 0 Å². The van der Waals surface area contributed by atoms with Crippen LogP contribution >= 0.6 is 0 Å². The van der Waals surface area contributed by atoms with E-state index in [1.54, 1.807) is 7.11 Å². The molecule has 0 unspecified atom stereocenters. The lowest BCUT2D eigenvalue weighted by Crippen LogP contribution is -2.36. The van der Waals surface area contributed by atoms with Gasteiger partial charge in [-0.1, -0.05) is 0 Å². The zero-order chi connectivity index (χ0) is 13.7. The second-order valence-electron chi connectivity index (χ2n) is 5.48. The van der Waals surface area contributed by atoms with Crippen molar-refractivity contribution in [2.24, 2.45) is 5.92 Å². The molecular weight excluding hydrogens is 240 g/mol. The van der Waals surface area contributed by atoms with Gasteiger partial charge >= 0.3 is 0 Å². The number of ether oxygens (including phenoxy) is 1. The van der Waals surface area contributed by atoms with Gasteiger partial charge in [-0.3, -0.25) is 4.90 Å². The van der Waals surface area contributed by atoms with Crippen molar-refractivity contribution in [1.29, 1.82) is 0 Å². The molecule has 2 rings (SSSR count). The van der Waals surface area contributed by atoms with E-state index < -0.39 is 0 Å². The van der Waals surface area contributed by atoms with E-state index >= 15 is 0 Å². The summed E-state index contributed by atoms with van der Waals surface area (Å²) >= 11 is 0. The summed E-state index contributed by atoms with van der Waals surface area (Å²) in [6, 6.07) is 0. The van der Waals surface area contributed by atoms with Crippen LogP contribution < -0.4 is 4.90 Å². The molecule has 5 nitrogen and oxygen atoms in total. The van der Waals surface area contributed by atoms with Gasteiger partial charge in [-0.2, -0.15) is 0 Å². The first-order chi connectivity index (χ1) is 9.19. The minimum Gasteiger partial charge on any atom is -0.384 e. The van der Waals surface area contributed by atoms with Gasteiger partial charge in [0.25, 0.3) is 0 Å². The van der Waals surface area contributed by atoms with Crippen molar-refractivity contribution < 1.29 is 4.74 Å². The van der Waals surface area contributed by atoms with Gasteiger partial charge in [0.1, 0.15) is 0 Å². The Morgan fingerprint density at radius 1 is 1.37 bits per heavy atom. The molecule has 1 saturated heterocycles. The van der Waals surface area contributed by atoms with Gasteiger partial charge in [0.2, 0.25) is 5.95 Å². The molecule has 0 spiro atoms. The number of hydrogen-bond donors (Lipinski definition) is 0. The van der Waals surface area contributed by atoms with Crippen LogP contribution in [0, 0.1) is 5.92 Å². The second-order valence-corrected chi connectivity index (χ2v) is 5.48. The van der Waals surface area contributed by atoms with Crippen LogP contribution in [0.15, 0.2) is 12.4 Å². The molecule has 0 aromatic carbocycles. The highest BCUT2D eigenvalue weighted by atomic mass is 16.5. The smallest absolute Gasteiger partial charge is 0.224 e. The number of likely N-dealkylation sites (tertiary alicyclic amines) is 1.